The molecule has 1 heterocycles. The summed E-state index contributed by atoms with van der Waals surface area (Å²) < 4.78 is 4.93. The van der Waals surface area contributed by atoms with E-state index in [1.807, 2.05) is 6.07 Å². The van der Waals surface area contributed by atoms with Crippen LogP contribution in [0.15, 0.2) is 23.0 Å². The van der Waals surface area contributed by atoms with Crippen molar-refractivity contribution in [1.82, 2.24) is 5.32 Å². The van der Waals surface area contributed by atoms with Gasteiger partial charge in [0.25, 0.3) is 0 Å². The zero-order valence-electron chi connectivity index (χ0n) is 7.42. The Morgan fingerprint density at radius 2 is 2.50 bits per heavy atom. The van der Waals surface area contributed by atoms with Gasteiger partial charge in [-0.1, -0.05) is 6.92 Å². The highest BCUT2D eigenvalue weighted by Gasteiger charge is 1.98. The SMILES string of the molecule is CCC(N)CNCc1ccoc1. The molecule has 0 fully saturated rings. The second kappa shape index (κ2) is 4.95. The third-order valence-electron chi connectivity index (χ3n) is 1.84. The number of nitrogens with two attached hydrogens (primary N) is 1. The maximum Gasteiger partial charge on any atom is 0.0947 e. The van der Waals surface area contributed by atoms with Crippen LogP contribution in [0.1, 0.15) is 18.9 Å². The maximum atomic E-state index is 5.73. The van der Waals surface area contributed by atoms with E-state index in [0.717, 1.165) is 19.5 Å². The summed E-state index contributed by atoms with van der Waals surface area (Å²) in [4.78, 5) is 0. The van der Waals surface area contributed by atoms with Crippen molar-refractivity contribution in [2.24, 2.45) is 5.73 Å². The lowest BCUT2D eigenvalue weighted by atomic mass is 10.2. The zero-order valence-corrected chi connectivity index (χ0v) is 7.42. The van der Waals surface area contributed by atoms with Gasteiger partial charge in [0.05, 0.1) is 12.5 Å². The van der Waals surface area contributed by atoms with Crippen molar-refractivity contribution >= 4 is 0 Å². The van der Waals surface area contributed by atoms with Crippen molar-refractivity contribution in [1.29, 1.82) is 0 Å². The fourth-order valence-electron chi connectivity index (χ4n) is 0.939. The summed E-state index contributed by atoms with van der Waals surface area (Å²) in [5.41, 5.74) is 6.89. The van der Waals surface area contributed by atoms with E-state index < -0.39 is 0 Å². The molecule has 3 nitrogen and oxygen atoms in total. The van der Waals surface area contributed by atoms with E-state index in [0.29, 0.717) is 0 Å². The predicted molar refractivity (Wildman–Crippen MR) is 48.7 cm³/mol. The zero-order chi connectivity index (χ0) is 8.81. The molecule has 0 aromatic carbocycles. The van der Waals surface area contributed by atoms with E-state index in [9.17, 15) is 0 Å². The summed E-state index contributed by atoms with van der Waals surface area (Å²) in [5.74, 6) is 0. The third-order valence-corrected chi connectivity index (χ3v) is 1.84. The summed E-state index contributed by atoms with van der Waals surface area (Å²) in [5, 5.41) is 3.25. The lowest BCUT2D eigenvalue weighted by Gasteiger charge is -2.08. The number of hydrogen-bond acceptors (Lipinski definition) is 3. The normalized spacial score (nSPS) is 13.2. The van der Waals surface area contributed by atoms with Gasteiger partial charge in [-0.15, -0.1) is 0 Å². The van der Waals surface area contributed by atoms with Crippen molar-refractivity contribution in [2.75, 3.05) is 6.54 Å². The van der Waals surface area contributed by atoms with Gasteiger partial charge in [-0.2, -0.15) is 0 Å². The largest absolute Gasteiger partial charge is 0.472 e. The first-order valence-corrected chi connectivity index (χ1v) is 4.30. The van der Waals surface area contributed by atoms with Crippen molar-refractivity contribution in [3.8, 4) is 0 Å². The van der Waals surface area contributed by atoms with Crippen molar-refractivity contribution < 1.29 is 4.42 Å². The Morgan fingerprint density at radius 3 is 3.08 bits per heavy atom. The molecule has 0 bridgehead atoms. The first kappa shape index (κ1) is 9.29. The van der Waals surface area contributed by atoms with Crippen LogP contribution in [0.5, 0.6) is 0 Å². The first-order chi connectivity index (χ1) is 5.83. The predicted octanol–water partition coefficient (Wildman–Crippen LogP) is 1.11. The molecule has 0 spiro atoms. The molecule has 0 aliphatic carbocycles. The molecule has 1 atom stereocenters. The summed E-state index contributed by atoms with van der Waals surface area (Å²) in [6, 6.07) is 2.21. The number of hydrogen-bond donors (Lipinski definition) is 2. The number of furan rings is 1. The molecule has 1 unspecified atom stereocenters. The van der Waals surface area contributed by atoms with Gasteiger partial charge in [0.1, 0.15) is 0 Å². The molecule has 12 heavy (non-hydrogen) atoms. The minimum absolute atomic E-state index is 0.261. The topological polar surface area (TPSA) is 51.2 Å². The minimum atomic E-state index is 0.261. The Morgan fingerprint density at radius 1 is 1.67 bits per heavy atom. The number of rotatable bonds is 5. The Kier molecular flexibility index (Phi) is 3.84. The van der Waals surface area contributed by atoms with Crippen LogP contribution in [-0.4, -0.2) is 12.6 Å². The molecule has 0 saturated carbocycles. The summed E-state index contributed by atoms with van der Waals surface area (Å²) in [7, 11) is 0. The molecule has 3 heteroatoms. The van der Waals surface area contributed by atoms with Crippen LogP contribution in [0.4, 0.5) is 0 Å². The molecule has 0 saturated heterocycles. The monoisotopic (exact) mass is 168 g/mol. The molecule has 1 rings (SSSR count). The molecule has 68 valence electrons. The molecule has 3 N–H and O–H groups in total. The van der Waals surface area contributed by atoms with Gasteiger partial charge in [-0.05, 0) is 12.5 Å². The van der Waals surface area contributed by atoms with E-state index in [-0.39, 0.29) is 6.04 Å². The van der Waals surface area contributed by atoms with Gasteiger partial charge in [-0.25, -0.2) is 0 Å². The van der Waals surface area contributed by atoms with E-state index in [1.54, 1.807) is 12.5 Å². The molecule has 0 aliphatic heterocycles. The minimum Gasteiger partial charge on any atom is -0.472 e. The average molecular weight is 168 g/mol. The van der Waals surface area contributed by atoms with Gasteiger partial charge in [0, 0.05) is 24.7 Å². The van der Waals surface area contributed by atoms with Gasteiger partial charge in [-0.3, -0.25) is 0 Å². The second-order valence-corrected chi connectivity index (χ2v) is 2.93. The Bertz CT molecular complexity index is 196. The van der Waals surface area contributed by atoms with Gasteiger partial charge in [0.2, 0.25) is 0 Å². The van der Waals surface area contributed by atoms with Crippen LogP contribution < -0.4 is 11.1 Å². The summed E-state index contributed by atoms with van der Waals surface area (Å²) in [6.07, 6.45) is 4.43. The molecular formula is C9H16N2O. The number of nitrogens with one attached hydrogen (secondary N) is 1. The van der Waals surface area contributed by atoms with Gasteiger partial charge in [0.15, 0.2) is 0 Å². The van der Waals surface area contributed by atoms with Crippen LogP contribution in [0.2, 0.25) is 0 Å². The van der Waals surface area contributed by atoms with E-state index in [4.69, 9.17) is 10.2 Å². The van der Waals surface area contributed by atoms with Crippen LogP contribution in [0, 0.1) is 0 Å². The third kappa shape index (κ3) is 3.07. The summed E-state index contributed by atoms with van der Waals surface area (Å²) >= 11 is 0. The van der Waals surface area contributed by atoms with Gasteiger partial charge < -0.3 is 15.5 Å². The molecule has 0 radical (unpaired) electrons. The fraction of sp³-hybridized carbons (Fsp3) is 0.556. The van der Waals surface area contributed by atoms with Crippen molar-refractivity contribution in [3.05, 3.63) is 24.2 Å². The first-order valence-electron chi connectivity index (χ1n) is 4.30. The van der Waals surface area contributed by atoms with Crippen LogP contribution in [0.3, 0.4) is 0 Å². The highest BCUT2D eigenvalue weighted by atomic mass is 16.3. The van der Waals surface area contributed by atoms with Crippen LogP contribution >= 0.6 is 0 Å². The Labute approximate surface area is 72.9 Å². The van der Waals surface area contributed by atoms with E-state index in [2.05, 4.69) is 12.2 Å². The quantitative estimate of drug-likeness (QED) is 0.692. The highest BCUT2D eigenvalue weighted by Crippen LogP contribution is 1.98. The lowest BCUT2D eigenvalue weighted by molar-refractivity contribution is 0.546. The molecule has 1 aromatic heterocycles. The highest BCUT2D eigenvalue weighted by molar-refractivity contribution is 5.04. The smallest absolute Gasteiger partial charge is 0.0947 e. The van der Waals surface area contributed by atoms with E-state index >= 15 is 0 Å². The Balaban J connectivity index is 2.11. The van der Waals surface area contributed by atoms with Crippen LogP contribution in [0.25, 0.3) is 0 Å². The molecule has 1 aromatic rings. The van der Waals surface area contributed by atoms with E-state index in [1.165, 1.54) is 5.56 Å². The lowest BCUT2D eigenvalue weighted by Crippen LogP contribution is -2.32. The molecular weight excluding hydrogens is 152 g/mol. The van der Waals surface area contributed by atoms with Crippen molar-refractivity contribution in [3.63, 3.8) is 0 Å². The average Bonchev–Trinajstić information content (AvgIpc) is 2.57. The van der Waals surface area contributed by atoms with Crippen LogP contribution in [-0.2, 0) is 6.54 Å². The fourth-order valence-corrected chi connectivity index (χ4v) is 0.939. The maximum absolute atomic E-state index is 5.73. The molecule has 0 amide bonds. The second-order valence-electron chi connectivity index (χ2n) is 2.93. The summed E-state index contributed by atoms with van der Waals surface area (Å²) in [6.45, 7) is 3.79. The standard InChI is InChI=1S/C9H16N2O/c1-2-9(10)6-11-5-8-3-4-12-7-8/h3-4,7,9,11H,2,5-6,10H2,1H3. The molecule has 0 aliphatic rings. The van der Waals surface area contributed by atoms with Crippen molar-refractivity contribution in [2.45, 2.75) is 25.9 Å². The Hall–Kier alpha value is -0.800. The van der Waals surface area contributed by atoms with Gasteiger partial charge >= 0.3 is 0 Å².